The van der Waals surface area contributed by atoms with Crippen LogP contribution in [-0.4, -0.2) is 33.1 Å². The molecule has 3 heterocycles. The predicted molar refractivity (Wildman–Crippen MR) is 75.0 cm³/mol. The Morgan fingerprint density at radius 3 is 3.00 bits per heavy atom. The van der Waals surface area contributed by atoms with Gasteiger partial charge >= 0.3 is 0 Å². The van der Waals surface area contributed by atoms with E-state index in [4.69, 9.17) is 4.52 Å². The Bertz CT molecular complexity index is 619. The lowest BCUT2D eigenvalue weighted by Crippen LogP contribution is -2.50. The fourth-order valence-electron chi connectivity index (χ4n) is 2.38. The van der Waals surface area contributed by atoms with Crippen molar-refractivity contribution in [2.45, 2.75) is 31.8 Å². The van der Waals surface area contributed by atoms with Gasteiger partial charge in [-0.3, -0.25) is 9.78 Å². The highest BCUT2D eigenvalue weighted by Crippen LogP contribution is 2.19. The van der Waals surface area contributed by atoms with Crippen LogP contribution in [-0.2, 0) is 11.3 Å². The molecule has 7 heteroatoms. The normalized spacial score (nSPS) is 21.4. The Balaban J connectivity index is 1.62. The lowest BCUT2D eigenvalue weighted by Gasteiger charge is -2.22. The average molecular weight is 287 g/mol. The number of carbonyl (C=O) groups is 1. The third-order valence-electron chi connectivity index (χ3n) is 3.68. The summed E-state index contributed by atoms with van der Waals surface area (Å²) < 4.78 is 5.15. The third-order valence-corrected chi connectivity index (χ3v) is 3.68. The monoisotopic (exact) mass is 287 g/mol. The smallest absolute Gasteiger partial charge is 0.246 e. The van der Waals surface area contributed by atoms with Crippen molar-refractivity contribution in [2.75, 3.05) is 6.54 Å². The van der Waals surface area contributed by atoms with Crippen LogP contribution in [0.25, 0.3) is 11.4 Å². The summed E-state index contributed by atoms with van der Waals surface area (Å²) >= 11 is 0. The van der Waals surface area contributed by atoms with E-state index in [9.17, 15) is 4.79 Å². The Morgan fingerprint density at radius 1 is 1.48 bits per heavy atom. The molecular weight excluding hydrogens is 270 g/mol. The first-order valence-corrected chi connectivity index (χ1v) is 6.94. The fourth-order valence-corrected chi connectivity index (χ4v) is 2.38. The molecule has 0 aromatic carbocycles. The molecule has 2 N–H and O–H groups in total. The van der Waals surface area contributed by atoms with E-state index in [1.165, 1.54) is 0 Å². The van der Waals surface area contributed by atoms with Gasteiger partial charge < -0.3 is 15.2 Å². The number of aromatic nitrogens is 3. The Morgan fingerprint density at radius 2 is 2.29 bits per heavy atom. The Hall–Kier alpha value is -2.28. The molecule has 1 unspecified atom stereocenters. The van der Waals surface area contributed by atoms with Crippen molar-refractivity contribution in [3.8, 4) is 11.4 Å². The molecule has 1 aliphatic heterocycles. The number of hydrogen-bond donors (Lipinski definition) is 2. The molecule has 1 amide bonds. The van der Waals surface area contributed by atoms with E-state index in [0.29, 0.717) is 11.7 Å². The fraction of sp³-hybridized carbons (Fsp3) is 0.429. The number of rotatable bonds is 4. The van der Waals surface area contributed by atoms with Gasteiger partial charge in [-0.1, -0.05) is 5.16 Å². The van der Waals surface area contributed by atoms with E-state index in [0.717, 1.165) is 24.9 Å². The first kappa shape index (κ1) is 13.7. The van der Waals surface area contributed by atoms with Gasteiger partial charge in [0.1, 0.15) is 0 Å². The number of pyridine rings is 1. The molecule has 0 aliphatic carbocycles. The van der Waals surface area contributed by atoms with Crippen LogP contribution in [0, 0.1) is 0 Å². The molecule has 1 fully saturated rings. The van der Waals surface area contributed by atoms with E-state index in [1.807, 2.05) is 6.92 Å². The van der Waals surface area contributed by atoms with Crippen molar-refractivity contribution < 1.29 is 9.32 Å². The zero-order valence-electron chi connectivity index (χ0n) is 11.8. The molecule has 2 aromatic heterocycles. The second kappa shape index (κ2) is 5.61. The molecule has 0 radical (unpaired) electrons. The quantitative estimate of drug-likeness (QED) is 0.867. The second-order valence-corrected chi connectivity index (χ2v) is 5.29. The van der Waals surface area contributed by atoms with Crippen LogP contribution in [0.1, 0.15) is 25.7 Å². The third kappa shape index (κ3) is 2.92. The number of carbonyl (C=O) groups excluding carboxylic acids is 1. The van der Waals surface area contributed by atoms with E-state index < -0.39 is 5.54 Å². The molecule has 0 bridgehead atoms. The van der Waals surface area contributed by atoms with Crippen LogP contribution in [0.3, 0.4) is 0 Å². The van der Waals surface area contributed by atoms with E-state index in [1.54, 1.807) is 24.5 Å². The Labute approximate surface area is 122 Å². The van der Waals surface area contributed by atoms with Crippen molar-refractivity contribution in [3.05, 3.63) is 30.4 Å². The highest BCUT2D eigenvalue weighted by molar-refractivity contribution is 5.86. The van der Waals surface area contributed by atoms with Gasteiger partial charge in [-0.05, 0) is 38.4 Å². The number of hydrogen-bond acceptors (Lipinski definition) is 6. The summed E-state index contributed by atoms with van der Waals surface area (Å²) in [6, 6.07) is 3.60. The SMILES string of the molecule is CC1(C(=O)NCc2nc(-c3ccncc3)no2)CCCN1. The summed E-state index contributed by atoms with van der Waals surface area (Å²) in [5, 5.41) is 9.95. The maximum atomic E-state index is 12.1. The van der Waals surface area contributed by atoms with Gasteiger partial charge in [0.05, 0.1) is 12.1 Å². The van der Waals surface area contributed by atoms with E-state index >= 15 is 0 Å². The zero-order chi connectivity index (χ0) is 14.7. The van der Waals surface area contributed by atoms with Crippen molar-refractivity contribution >= 4 is 5.91 Å². The molecule has 110 valence electrons. The molecule has 7 nitrogen and oxygen atoms in total. The van der Waals surface area contributed by atoms with Crippen molar-refractivity contribution in [1.29, 1.82) is 0 Å². The second-order valence-electron chi connectivity index (χ2n) is 5.29. The maximum Gasteiger partial charge on any atom is 0.246 e. The number of nitrogens with one attached hydrogen (secondary N) is 2. The van der Waals surface area contributed by atoms with Gasteiger partial charge in [0.25, 0.3) is 0 Å². The maximum absolute atomic E-state index is 12.1. The summed E-state index contributed by atoms with van der Waals surface area (Å²) in [7, 11) is 0. The lowest BCUT2D eigenvalue weighted by molar-refractivity contribution is -0.126. The molecule has 21 heavy (non-hydrogen) atoms. The lowest BCUT2D eigenvalue weighted by atomic mass is 9.99. The van der Waals surface area contributed by atoms with Crippen molar-refractivity contribution in [3.63, 3.8) is 0 Å². The minimum Gasteiger partial charge on any atom is -0.345 e. The van der Waals surface area contributed by atoms with Gasteiger partial charge in [-0.25, -0.2) is 0 Å². The van der Waals surface area contributed by atoms with Gasteiger partial charge in [0.15, 0.2) is 0 Å². The van der Waals surface area contributed by atoms with Crippen LogP contribution < -0.4 is 10.6 Å². The van der Waals surface area contributed by atoms with Crippen LogP contribution >= 0.6 is 0 Å². The van der Waals surface area contributed by atoms with Gasteiger partial charge in [-0.15, -0.1) is 0 Å². The topological polar surface area (TPSA) is 92.9 Å². The molecule has 3 rings (SSSR count). The first-order chi connectivity index (χ1) is 10.2. The molecule has 0 saturated carbocycles. The minimum atomic E-state index is -0.492. The van der Waals surface area contributed by atoms with E-state index in [2.05, 4.69) is 25.8 Å². The van der Waals surface area contributed by atoms with Crippen LogP contribution in [0.5, 0.6) is 0 Å². The summed E-state index contributed by atoms with van der Waals surface area (Å²) in [6.07, 6.45) is 5.18. The Kier molecular flexibility index (Phi) is 3.66. The standard InChI is InChI=1S/C14H17N5O2/c1-14(5-2-6-17-14)13(20)16-9-11-18-12(19-21-11)10-3-7-15-8-4-10/h3-4,7-8,17H,2,5-6,9H2,1H3,(H,16,20). The molecule has 1 atom stereocenters. The largest absolute Gasteiger partial charge is 0.345 e. The number of nitrogens with zero attached hydrogens (tertiary/aromatic N) is 3. The van der Waals surface area contributed by atoms with E-state index in [-0.39, 0.29) is 12.5 Å². The molecular formula is C14H17N5O2. The molecule has 2 aromatic rings. The molecule has 1 aliphatic rings. The van der Waals surface area contributed by atoms with Crippen molar-refractivity contribution in [2.24, 2.45) is 0 Å². The molecule has 0 spiro atoms. The summed E-state index contributed by atoms with van der Waals surface area (Å²) in [5.41, 5.74) is 0.337. The van der Waals surface area contributed by atoms with Crippen LogP contribution in [0.15, 0.2) is 29.0 Å². The number of amides is 1. The summed E-state index contributed by atoms with van der Waals surface area (Å²) in [5.74, 6) is 0.840. The average Bonchev–Trinajstić information content (AvgIpc) is 3.15. The van der Waals surface area contributed by atoms with Crippen molar-refractivity contribution in [1.82, 2.24) is 25.8 Å². The van der Waals surface area contributed by atoms with Gasteiger partial charge in [-0.2, -0.15) is 4.98 Å². The molecule has 1 saturated heterocycles. The first-order valence-electron chi connectivity index (χ1n) is 6.94. The van der Waals surface area contributed by atoms with Gasteiger partial charge in [0, 0.05) is 18.0 Å². The predicted octanol–water partition coefficient (Wildman–Crippen LogP) is 0.890. The van der Waals surface area contributed by atoms with Crippen LogP contribution in [0.2, 0.25) is 0 Å². The summed E-state index contributed by atoms with van der Waals surface area (Å²) in [4.78, 5) is 20.3. The van der Waals surface area contributed by atoms with Crippen LogP contribution in [0.4, 0.5) is 0 Å². The zero-order valence-corrected chi connectivity index (χ0v) is 11.8. The van der Waals surface area contributed by atoms with Gasteiger partial charge in [0.2, 0.25) is 17.6 Å². The highest BCUT2D eigenvalue weighted by Gasteiger charge is 2.35. The minimum absolute atomic E-state index is 0.0383. The summed E-state index contributed by atoms with van der Waals surface area (Å²) in [6.45, 7) is 3.01. The highest BCUT2D eigenvalue weighted by atomic mass is 16.5.